The molecule has 2 N–H and O–H groups in total. The number of rotatable bonds is 2. The minimum absolute atomic E-state index is 0.0498. The monoisotopic (exact) mass is 188 g/mol. The molecule has 0 bridgehead atoms. The Hall–Kier alpha value is -1.61. The lowest BCUT2D eigenvalue weighted by molar-refractivity contribution is 0.272. The summed E-state index contributed by atoms with van der Waals surface area (Å²) in [6, 6.07) is 8.15. The average molecular weight is 188 g/mol. The highest BCUT2D eigenvalue weighted by atomic mass is 16.3. The summed E-state index contributed by atoms with van der Waals surface area (Å²) in [7, 11) is 0. The van der Waals surface area contributed by atoms with Gasteiger partial charge in [0.1, 0.15) is 12.4 Å². The highest BCUT2D eigenvalue weighted by Crippen LogP contribution is 2.17. The van der Waals surface area contributed by atoms with E-state index in [0.717, 1.165) is 11.3 Å². The van der Waals surface area contributed by atoms with Crippen molar-refractivity contribution in [2.24, 2.45) is 0 Å². The second-order valence-corrected chi connectivity index (χ2v) is 3.27. The van der Waals surface area contributed by atoms with E-state index in [2.05, 4.69) is 16.0 Å². The first-order valence-corrected chi connectivity index (χ1v) is 4.51. The lowest BCUT2D eigenvalue weighted by Gasteiger charge is -1.98. The van der Waals surface area contributed by atoms with Gasteiger partial charge in [-0.05, 0) is 18.6 Å². The Bertz CT molecular complexity index is 434. The van der Waals surface area contributed by atoms with Crippen LogP contribution >= 0.6 is 0 Å². The maximum atomic E-state index is 8.86. The minimum atomic E-state index is -0.0498. The zero-order valence-electron chi connectivity index (χ0n) is 7.99. The molecule has 1 aromatic carbocycles. The minimum Gasteiger partial charge on any atom is -0.388 e. The molecule has 0 unspecified atom stereocenters. The van der Waals surface area contributed by atoms with Crippen LogP contribution in [0.1, 0.15) is 11.4 Å². The predicted octanol–water partition coefficient (Wildman–Crippen LogP) is 1.88. The molecule has 14 heavy (non-hydrogen) atoms. The summed E-state index contributed by atoms with van der Waals surface area (Å²) in [6.45, 7) is 2.00. The van der Waals surface area contributed by atoms with Crippen LogP contribution in [0.25, 0.3) is 11.3 Å². The van der Waals surface area contributed by atoms with Gasteiger partial charge in [0, 0.05) is 0 Å². The summed E-state index contributed by atoms with van der Waals surface area (Å²) in [6.07, 6.45) is 1.74. The van der Waals surface area contributed by atoms with Crippen LogP contribution in [0.3, 0.4) is 0 Å². The first-order chi connectivity index (χ1) is 6.79. The Labute approximate surface area is 82.4 Å². The summed E-state index contributed by atoms with van der Waals surface area (Å²) >= 11 is 0. The molecule has 1 heterocycles. The molecule has 3 heteroatoms. The van der Waals surface area contributed by atoms with Crippen molar-refractivity contribution in [2.45, 2.75) is 13.5 Å². The molecule has 3 nitrogen and oxygen atoms in total. The van der Waals surface area contributed by atoms with E-state index in [4.69, 9.17) is 5.11 Å². The Morgan fingerprint density at radius 3 is 2.93 bits per heavy atom. The van der Waals surface area contributed by atoms with E-state index >= 15 is 0 Å². The van der Waals surface area contributed by atoms with E-state index in [0.29, 0.717) is 5.82 Å². The van der Waals surface area contributed by atoms with Crippen molar-refractivity contribution in [3.8, 4) is 11.3 Å². The highest BCUT2D eigenvalue weighted by Gasteiger charge is 2.01. The van der Waals surface area contributed by atoms with Gasteiger partial charge >= 0.3 is 0 Å². The third-order valence-electron chi connectivity index (χ3n) is 2.11. The third-order valence-corrected chi connectivity index (χ3v) is 2.11. The number of aromatic amines is 1. The molecule has 0 saturated heterocycles. The van der Waals surface area contributed by atoms with Crippen LogP contribution in [-0.4, -0.2) is 15.1 Å². The second-order valence-electron chi connectivity index (χ2n) is 3.27. The number of aliphatic hydroxyl groups excluding tert-OH is 1. The van der Waals surface area contributed by atoms with Gasteiger partial charge in [0.15, 0.2) is 0 Å². The predicted molar refractivity (Wildman–Crippen MR) is 54.7 cm³/mol. The van der Waals surface area contributed by atoms with Crippen LogP contribution in [0, 0.1) is 6.92 Å². The van der Waals surface area contributed by atoms with Gasteiger partial charge in [0.05, 0.1) is 11.9 Å². The SMILES string of the molecule is Cc1cccc(-c2cnc(CO)[nH]2)c1. The van der Waals surface area contributed by atoms with E-state index in [1.165, 1.54) is 5.56 Å². The van der Waals surface area contributed by atoms with E-state index in [1.54, 1.807) is 6.20 Å². The standard InChI is InChI=1S/C11H12N2O/c1-8-3-2-4-9(5-8)10-6-12-11(7-14)13-10/h2-6,14H,7H2,1H3,(H,12,13). The number of nitrogens with zero attached hydrogens (tertiary/aromatic N) is 1. The fourth-order valence-electron chi connectivity index (χ4n) is 1.40. The average Bonchev–Trinajstić information content (AvgIpc) is 2.66. The van der Waals surface area contributed by atoms with Crippen LogP contribution in [0.5, 0.6) is 0 Å². The van der Waals surface area contributed by atoms with Gasteiger partial charge in [-0.3, -0.25) is 0 Å². The van der Waals surface area contributed by atoms with Gasteiger partial charge in [-0.15, -0.1) is 0 Å². The number of benzene rings is 1. The zero-order chi connectivity index (χ0) is 9.97. The highest BCUT2D eigenvalue weighted by molar-refractivity contribution is 5.59. The fourth-order valence-corrected chi connectivity index (χ4v) is 1.40. The molecule has 1 aromatic heterocycles. The Morgan fingerprint density at radius 1 is 1.43 bits per heavy atom. The molecule has 2 rings (SSSR count). The van der Waals surface area contributed by atoms with Crippen LogP contribution in [0.2, 0.25) is 0 Å². The molecule has 72 valence electrons. The molecule has 0 radical (unpaired) electrons. The maximum absolute atomic E-state index is 8.86. The molecule has 2 aromatic rings. The number of aryl methyl sites for hydroxylation is 1. The van der Waals surface area contributed by atoms with Gasteiger partial charge in [0.25, 0.3) is 0 Å². The number of H-pyrrole nitrogens is 1. The van der Waals surface area contributed by atoms with Gasteiger partial charge in [-0.2, -0.15) is 0 Å². The quantitative estimate of drug-likeness (QED) is 0.756. The third kappa shape index (κ3) is 1.67. The van der Waals surface area contributed by atoms with Gasteiger partial charge < -0.3 is 10.1 Å². The Balaban J connectivity index is 2.39. The Morgan fingerprint density at radius 2 is 2.29 bits per heavy atom. The lowest BCUT2D eigenvalue weighted by Crippen LogP contribution is -1.85. The van der Waals surface area contributed by atoms with Crippen molar-refractivity contribution in [3.05, 3.63) is 41.9 Å². The van der Waals surface area contributed by atoms with Crippen molar-refractivity contribution >= 4 is 0 Å². The van der Waals surface area contributed by atoms with Gasteiger partial charge in [-0.1, -0.05) is 23.8 Å². The smallest absolute Gasteiger partial charge is 0.132 e. The van der Waals surface area contributed by atoms with Crippen LogP contribution < -0.4 is 0 Å². The summed E-state index contributed by atoms with van der Waals surface area (Å²) in [4.78, 5) is 7.08. The molecule has 0 amide bonds. The van der Waals surface area contributed by atoms with Crippen molar-refractivity contribution < 1.29 is 5.11 Å². The molecule has 0 saturated carbocycles. The van der Waals surface area contributed by atoms with Gasteiger partial charge in [0.2, 0.25) is 0 Å². The molecule has 0 spiro atoms. The van der Waals surface area contributed by atoms with E-state index in [-0.39, 0.29) is 6.61 Å². The second kappa shape index (κ2) is 3.64. The molecule has 0 aliphatic heterocycles. The topological polar surface area (TPSA) is 48.9 Å². The molecule has 0 atom stereocenters. The number of aromatic nitrogens is 2. The number of hydrogen-bond donors (Lipinski definition) is 2. The Kier molecular flexibility index (Phi) is 2.33. The van der Waals surface area contributed by atoms with Crippen molar-refractivity contribution in [1.82, 2.24) is 9.97 Å². The molecule has 0 aliphatic rings. The number of nitrogens with one attached hydrogen (secondary N) is 1. The fraction of sp³-hybridized carbons (Fsp3) is 0.182. The summed E-state index contributed by atoms with van der Waals surface area (Å²) in [5, 5.41) is 8.86. The van der Waals surface area contributed by atoms with Crippen molar-refractivity contribution in [2.75, 3.05) is 0 Å². The number of aliphatic hydroxyl groups is 1. The van der Waals surface area contributed by atoms with Crippen LogP contribution in [-0.2, 0) is 6.61 Å². The van der Waals surface area contributed by atoms with Crippen molar-refractivity contribution in [3.63, 3.8) is 0 Å². The first kappa shape index (κ1) is 8.97. The molecular weight excluding hydrogens is 176 g/mol. The maximum Gasteiger partial charge on any atom is 0.132 e. The molecular formula is C11H12N2O. The largest absolute Gasteiger partial charge is 0.388 e. The van der Waals surface area contributed by atoms with Crippen LogP contribution in [0.4, 0.5) is 0 Å². The van der Waals surface area contributed by atoms with E-state index in [9.17, 15) is 0 Å². The lowest BCUT2D eigenvalue weighted by atomic mass is 10.1. The summed E-state index contributed by atoms with van der Waals surface area (Å²) < 4.78 is 0. The number of hydrogen-bond acceptors (Lipinski definition) is 2. The van der Waals surface area contributed by atoms with Gasteiger partial charge in [-0.25, -0.2) is 4.98 Å². The normalized spacial score (nSPS) is 10.4. The van der Waals surface area contributed by atoms with E-state index in [1.807, 2.05) is 25.1 Å². The zero-order valence-corrected chi connectivity index (χ0v) is 7.99. The van der Waals surface area contributed by atoms with Crippen LogP contribution in [0.15, 0.2) is 30.5 Å². The molecule has 0 fully saturated rings. The van der Waals surface area contributed by atoms with Crippen molar-refractivity contribution in [1.29, 1.82) is 0 Å². The summed E-state index contributed by atoms with van der Waals surface area (Å²) in [5.74, 6) is 0.599. The number of imidazole rings is 1. The summed E-state index contributed by atoms with van der Waals surface area (Å²) in [5.41, 5.74) is 3.25. The first-order valence-electron chi connectivity index (χ1n) is 4.51. The van der Waals surface area contributed by atoms with E-state index < -0.39 is 0 Å². The molecule has 0 aliphatic carbocycles.